The molecule has 6 aliphatic rings. The molecular formula is C34H40N4O3. The first kappa shape index (κ1) is 25.4. The van der Waals surface area contributed by atoms with Gasteiger partial charge in [0.1, 0.15) is 22.7 Å². The summed E-state index contributed by atoms with van der Waals surface area (Å²) in [5.41, 5.74) is 7.49. The monoisotopic (exact) mass is 552 g/mol. The minimum Gasteiger partial charge on any atom is -0.478 e. The molecule has 9 rings (SSSR count). The second kappa shape index (κ2) is 9.09. The zero-order chi connectivity index (χ0) is 27.8. The fourth-order valence-corrected chi connectivity index (χ4v) is 9.12. The molecule has 2 N–H and O–H groups in total. The van der Waals surface area contributed by atoms with Crippen LogP contribution in [0.15, 0.2) is 53.9 Å². The lowest BCUT2D eigenvalue weighted by molar-refractivity contribution is -0.169. The van der Waals surface area contributed by atoms with Gasteiger partial charge in [0.2, 0.25) is 0 Å². The molecule has 3 aromatic rings. The lowest BCUT2D eigenvalue weighted by atomic mass is 9.32. The van der Waals surface area contributed by atoms with E-state index in [4.69, 9.17) is 4.74 Å². The van der Waals surface area contributed by atoms with E-state index in [1.165, 1.54) is 57.8 Å². The molecule has 1 aromatic carbocycles. The average Bonchev–Trinajstić information content (AvgIpc) is 3.39. The number of aromatic amines is 1. The van der Waals surface area contributed by atoms with Gasteiger partial charge in [-0.05, 0) is 91.9 Å². The number of pyridine rings is 1. The molecule has 3 heterocycles. The molecule has 7 heteroatoms. The summed E-state index contributed by atoms with van der Waals surface area (Å²) in [4.78, 5) is 24.5. The van der Waals surface area contributed by atoms with E-state index in [0.717, 1.165) is 49.4 Å². The van der Waals surface area contributed by atoms with Crippen molar-refractivity contribution in [3.63, 3.8) is 0 Å². The first-order valence-electron chi connectivity index (χ1n) is 15.5. The summed E-state index contributed by atoms with van der Waals surface area (Å²) in [6, 6.07) is 9.27. The van der Waals surface area contributed by atoms with E-state index in [9.17, 15) is 9.90 Å². The highest BCUT2D eigenvalue weighted by molar-refractivity contribution is 5.92. The molecule has 41 heavy (non-hydrogen) atoms. The van der Waals surface area contributed by atoms with Crippen molar-refractivity contribution in [2.75, 3.05) is 37.6 Å². The van der Waals surface area contributed by atoms with Crippen LogP contribution in [0.4, 0.5) is 5.69 Å². The Hall–Kier alpha value is -3.32. The number of allylic oxidation sites excluding steroid dienone is 1. The maximum absolute atomic E-state index is 12.0. The summed E-state index contributed by atoms with van der Waals surface area (Å²) in [5.74, 6) is -0.118. The molecule has 1 saturated heterocycles. The third-order valence-electron chi connectivity index (χ3n) is 11.2. The Morgan fingerprint density at radius 3 is 2.59 bits per heavy atom. The summed E-state index contributed by atoms with van der Waals surface area (Å²) in [6.07, 6.45) is 16.2. The normalized spacial score (nSPS) is 28.8. The van der Waals surface area contributed by atoms with Crippen molar-refractivity contribution in [3.05, 3.63) is 59.4 Å². The van der Waals surface area contributed by atoms with Crippen molar-refractivity contribution in [2.45, 2.75) is 64.7 Å². The molecule has 4 saturated carbocycles. The summed E-state index contributed by atoms with van der Waals surface area (Å²) >= 11 is 0. The van der Waals surface area contributed by atoms with Crippen LogP contribution in [0.25, 0.3) is 11.0 Å². The molecule has 0 atom stereocenters. The number of aromatic carboxylic acids is 1. The maximum atomic E-state index is 12.0. The number of nitrogens with one attached hydrogen (secondary N) is 1. The number of ether oxygens (including phenoxy) is 1. The van der Waals surface area contributed by atoms with Gasteiger partial charge in [-0.1, -0.05) is 24.5 Å². The smallest absolute Gasteiger partial charge is 0.339 e. The Morgan fingerprint density at radius 1 is 1.07 bits per heavy atom. The molecule has 2 aromatic heterocycles. The number of aromatic nitrogens is 2. The van der Waals surface area contributed by atoms with Crippen LogP contribution in [0.5, 0.6) is 11.5 Å². The number of carboxylic acids is 1. The Morgan fingerprint density at radius 2 is 1.88 bits per heavy atom. The Kier molecular flexibility index (Phi) is 5.63. The molecule has 5 fully saturated rings. The second-order valence-corrected chi connectivity index (χ2v) is 14.2. The van der Waals surface area contributed by atoms with Crippen molar-refractivity contribution in [3.8, 4) is 11.5 Å². The number of rotatable bonds is 7. The van der Waals surface area contributed by atoms with Crippen molar-refractivity contribution < 1.29 is 14.6 Å². The van der Waals surface area contributed by atoms with Gasteiger partial charge < -0.3 is 19.7 Å². The minimum absolute atomic E-state index is 0.157. The molecule has 0 radical (unpaired) electrons. The van der Waals surface area contributed by atoms with Gasteiger partial charge in [0.05, 0.1) is 6.20 Å². The van der Waals surface area contributed by atoms with E-state index in [0.29, 0.717) is 27.7 Å². The third kappa shape index (κ3) is 4.27. The van der Waals surface area contributed by atoms with Crippen LogP contribution >= 0.6 is 0 Å². The number of nitrogens with zero attached hydrogens (tertiary/aromatic N) is 3. The topological polar surface area (TPSA) is 81.7 Å². The summed E-state index contributed by atoms with van der Waals surface area (Å²) in [5, 5.41) is 10.7. The number of fused-ring (bicyclic) bond motifs is 1. The fraction of sp³-hybridized carbons (Fsp3) is 0.529. The van der Waals surface area contributed by atoms with Crippen molar-refractivity contribution >= 4 is 22.7 Å². The molecule has 1 aliphatic heterocycles. The number of piperazine rings is 1. The van der Waals surface area contributed by atoms with Gasteiger partial charge in [0.25, 0.3) is 0 Å². The number of carbonyl (C=O) groups is 1. The highest BCUT2D eigenvalue weighted by Gasteiger charge is 2.67. The Labute approximate surface area is 241 Å². The second-order valence-electron chi connectivity index (χ2n) is 14.2. The van der Waals surface area contributed by atoms with E-state index in [-0.39, 0.29) is 5.56 Å². The molecule has 0 unspecified atom stereocenters. The maximum Gasteiger partial charge on any atom is 0.339 e. The van der Waals surface area contributed by atoms with Crippen molar-refractivity contribution in [1.82, 2.24) is 14.9 Å². The van der Waals surface area contributed by atoms with Crippen LogP contribution in [-0.4, -0.2) is 58.7 Å². The van der Waals surface area contributed by atoms with E-state index in [2.05, 4.69) is 26.7 Å². The molecule has 214 valence electrons. The van der Waals surface area contributed by atoms with Crippen LogP contribution in [0.3, 0.4) is 0 Å². The van der Waals surface area contributed by atoms with E-state index >= 15 is 0 Å². The molecular weight excluding hydrogens is 512 g/mol. The average molecular weight is 553 g/mol. The highest BCUT2D eigenvalue weighted by Crippen LogP contribution is 2.78. The van der Waals surface area contributed by atoms with E-state index < -0.39 is 5.97 Å². The summed E-state index contributed by atoms with van der Waals surface area (Å²) in [6.45, 7) is 7.54. The first-order chi connectivity index (χ1) is 19.8. The van der Waals surface area contributed by atoms with Gasteiger partial charge in [0.15, 0.2) is 0 Å². The number of hydrogen-bond acceptors (Lipinski definition) is 5. The van der Waals surface area contributed by atoms with Crippen LogP contribution in [0.2, 0.25) is 0 Å². The number of hydrogen-bond donors (Lipinski definition) is 2. The quantitative estimate of drug-likeness (QED) is 0.307. The lowest BCUT2D eigenvalue weighted by Gasteiger charge is -2.72. The number of benzene rings is 1. The fourth-order valence-electron chi connectivity index (χ4n) is 9.12. The van der Waals surface area contributed by atoms with Gasteiger partial charge in [-0.3, -0.25) is 4.90 Å². The predicted molar refractivity (Wildman–Crippen MR) is 160 cm³/mol. The van der Waals surface area contributed by atoms with Crippen LogP contribution in [0, 0.1) is 16.2 Å². The molecule has 1 spiro atoms. The number of H-pyrrole nitrogens is 1. The molecule has 5 aliphatic carbocycles. The van der Waals surface area contributed by atoms with E-state index in [1.54, 1.807) is 17.8 Å². The minimum atomic E-state index is -0.995. The molecule has 0 amide bonds. The summed E-state index contributed by atoms with van der Waals surface area (Å²) < 4.78 is 6.10. The predicted octanol–water partition coefficient (Wildman–Crippen LogP) is 7.02. The van der Waals surface area contributed by atoms with Gasteiger partial charge in [-0.15, -0.1) is 0 Å². The Bertz CT molecular complexity index is 1540. The molecule has 2 bridgehead atoms. The third-order valence-corrected chi connectivity index (χ3v) is 11.2. The van der Waals surface area contributed by atoms with Gasteiger partial charge in [0, 0.05) is 56.1 Å². The van der Waals surface area contributed by atoms with Gasteiger partial charge in [-0.2, -0.15) is 0 Å². The van der Waals surface area contributed by atoms with Crippen molar-refractivity contribution in [1.29, 1.82) is 0 Å². The van der Waals surface area contributed by atoms with Gasteiger partial charge >= 0.3 is 5.97 Å². The Balaban J connectivity index is 0.969. The SMILES string of the molecule is CC12CC(C3=C(CN4CCN(c5ccc(C(=O)O)c(Oc6cnc7[nH]ccc7c6)c5)CC4)CCC4(CCC4)C3)(C1)C2. The molecule has 7 nitrogen and oxygen atoms in total. The standard InChI is InChI=1S/C34H40N4O3/c1-32-20-34(21-32,22-32)28-17-33(7-2-8-33)9-5-24(28)19-37-11-13-38(14-12-37)25-3-4-27(31(39)40)29(16-25)41-26-15-23-6-10-35-30(23)36-18-26/h3-4,6,10,15-16,18H,2,5,7-9,11-14,17,19-22H2,1H3,(H,35,36)(H,39,40). The first-order valence-corrected chi connectivity index (χ1v) is 15.5. The highest BCUT2D eigenvalue weighted by atomic mass is 16.5. The van der Waals surface area contributed by atoms with E-state index in [1.807, 2.05) is 36.0 Å². The zero-order valence-electron chi connectivity index (χ0n) is 24.0. The largest absolute Gasteiger partial charge is 0.478 e. The number of carboxylic acid groups (broad SMARTS) is 1. The van der Waals surface area contributed by atoms with Crippen LogP contribution in [-0.2, 0) is 0 Å². The lowest BCUT2D eigenvalue weighted by Crippen LogP contribution is -2.62. The van der Waals surface area contributed by atoms with Crippen LogP contribution in [0.1, 0.15) is 75.1 Å². The zero-order valence-corrected chi connectivity index (χ0v) is 24.0. The van der Waals surface area contributed by atoms with Crippen LogP contribution < -0.4 is 9.64 Å². The van der Waals surface area contributed by atoms with Crippen molar-refractivity contribution in [2.24, 2.45) is 16.2 Å². The van der Waals surface area contributed by atoms with Gasteiger partial charge in [-0.25, -0.2) is 9.78 Å². The summed E-state index contributed by atoms with van der Waals surface area (Å²) in [7, 11) is 0. The number of anilines is 1.